The standard InChI is InChI=1S/C23H22N2O/c26-22-23(14-18-7-2-4-11-21(18)24-22)12-13-25(16-23)15-19-9-5-8-17-6-1-3-10-20(17)19/h1-11H,12-16H2,(H,24,26). The summed E-state index contributed by atoms with van der Waals surface area (Å²) >= 11 is 0. The molecule has 2 aliphatic heterocycles. The second-order valence-corrected chi connectivity index (χ2v) is 7.67. The topological polar surface area (TPSA) is 32.3 Å². The average molecular weight is 342 g/mol. The summed E-state index contributed by atoms with van der Waals surface area (Å²) in [7, 11) is 0. The predicted octanol–water partition coefficient (Wildman–Crippen LogP) is 4.23. The number of rotatable bonds is 2. The third-order valence-electron chi connectivity index (χ3n) is 5.98. The molecule has 1 saturated heterocycles. The fourth-order valence-corrected chi connectivity index (χ4v) is 4.59. The van der Waals surface area contributed by atoms with E-state index in [0.29, 0.717) is 0 Å². The summed E-state index contributed by atoms with van der Waals surface area (Å²) < 4.78 is 0. The lowest BCUT2D eigenvalue weighted by Gasteiger charge is -2.33. The summed E-state index contributed by atoms with van der Waals surface area (Å²) in [5, 5.41) is 5.74. The SMILES string of the molecule is O=C1Nc2ccccc2CC12CCN(Cc1cccc3ccccc13)C2. The van der Waals surface area contributed by atoms with Crippen molar-refractivity contribution in [1.82, 2.24) is 4.90 Å². The highest BCUT2D eigenvalue weighted by atomic mass is 16.2. The molecule has 0 saturated carbocycles. The first-order valence-corrected chi connectivity index (χ1v) is 9.32. The summed E-state index contributed by atoms with van der Waals surface area (Å²) in [6.45, 7) is 2.70. The minimum atomic E-state index is -0.279. The van der Waals surface area contributed by atoms with Gasteiger partial charge in [0.05, 0.1) is 5.41 Å². The van der Waals surface area contributed by atoms with E-state index >= 15 is 0 Å². The number of anilines is 1. The maximum absolute atomic E-state index is 12.9. The maximum Gasteiger partial charge on any atom is 0.232 e. The van der Waals surface area contributed by atoms with Gasteiger partial charge in [-0.15, -0.1) is 0 Å². The fraction of sp³-hybridized carbons (Fsp3) is 0.261. The molecular weight excluding hydrogens is 320 g/mol. The molecule has 3 aromatic rings. The summed E-state index contributed by atoms with van der Waals surface area (Å²) in [5.74, 6) is 0.191. The number of amides is 1. The van der Waals surface area contributed by atoms with E-state index in [-0.39, 0.29) is 11.3 Å². The summed E-state index contributed by atoms with van der Waals surface area (Å²) in [6, 6.07) is 23.2. The Bertz CT molecular complexity index is 991. The van der Waals surface area contributed by atoms with Crippen LogP contribution in [0.3, 0.4) is 0 Å². The zero-order chi connectivity index (χ0) is 17.6. The number of likely N-dealkylation sites (tertiary alicyclic amines) is 1. The van der Waals surface area contributed by atoms with Gasteiger partial charge in [-0.2, -0.15) is 0 Å². The minimum Gasteiger partial charge on any atom is -0.325 e. The first-order valence-electron chi connectivity index (χ1n) is 9.32. The molecule has 1 N–H and O–H groups in total. The molecule has 5 rings (SSSR count). The van der Waals surface area contributed by atoms with E-state index in [2.05, 4.69) is 64.8 Å². The van der Waals surface area contributed by atoms with E-state index in [1.807, 2.05) is 12.1 Å². The average Bonchev–Trinajstić information content (AvgIpc) is 3.06. The van der Waals surface area contributed by atoms with Crippen LogP contribution in [-0.2, 0) is 17.8 Å². The van der Waals surface area contributed by atoms with Crippen molar-refractivity contribution in [3.63, 3.8) is 0 Å². The van der Waals surface area contributed by atoms with Crippen LogP contribution in [0.15, 0.2) is 66.7 Å². The summed E-state index contributed by atoms with van der Waals surface area (Å²) in [5.41, 5.74) is 3.31. The number of hydrogen-bond donors (Lipinski definition) is 1. The van der Waals surface area contributed by atoms with Gasteiger partial charge in [-0.1, -0.05) is 60.7 Å². The number of nitrogens with zero attached hydrogens (tertiary/aromatic N) is 1. The Morgan fingerprint density at radius 3 is 2.73 bits per heavy atom. The van der Waals surface area contributed by atoms with Crippen LogP contribution in [0, 0.1) is 5.41 Å². The van der Waals surface area contributed by atoms with Crippen LogP contribution in [0.4, 0.5) is 5.69 Å². The zero-order valence-corrected chi connectivity index (χ0v) is 14.7. The number of fused-ring (bicyclic) bond motifs is 2. The van der Waals surface area contributed by atoms with Crippen LogP contribution in [0.25, 0.3) is 10.8 Å². The largest absolute Gasteiger partial charge is 0.325 e. The minimum absolute atomic E-state index is 0.191. The molecule has 26 heavy (non-hydrogen) atoms. The number of para-hydroxylation sites is 1. The lowest BCUT2D eigenvalue weighted by atomic mass is 9.77. The molecule has 1 atom stereocenters. The molecule has 0 aliphatic carbocycles. The van der Waals surface area contributed by atoms with Crippen LogP contribution < -0.4 is 5.32 Å². The van der Waals surface area contributed by atoms with Crippen LogP contribution in [0.5, 0.6) is 0 Å². The second kappa shape index (κ2) is 5.96. The highest BCUT2D eigenvalue weighted by Crippen LogP contribution is 2.41. The maximum atomic E-state index is 12.9. The van der Waals surface area contributed by atoms with Gasteiger partial charge < -0.3 is 5.32 Å². The molecule has 0 aromatic heterocycles. The van der Waals surface area contributed by atoms with Crippen molar-refractivity contribution in [1.29, 1.82) is 0 Å². The van der Waals surface area contributed by atoms with Crippen molar-refractivity contribution >= 4 is 22.4 Å². The second-order valence-electron chi connectivity index (χ2n) is 7.67. The van der Waals surface area contributed by atoms with Crippen LogP contribution in [0.1, 0.15) is 17.5 Å². The fourth-order valence-electron chi connectivity index (χ4n) is 4.59. The molecule has 2 aliphatic rings. The number of carbonyl (C=O) groups excluding carboxylic acids is 1. The van der Waals surface area contributed by atoms with E-state index in [9.17, 15) is 4.79 Å². The highest BCUT2D eigenvalue weighted by Gasteiger charge is 2.47. The molecule has 0 radical (unpaired) electrons. The van der Waals surface area contributed by atoms with Gasteiger partial charge in [0.2, 0.25) is 5.91 Å². The van der Waals surface area contributed by atoms with Crippen molar-refractivity contribution in [3.8, 4) is 0 Å². The first-order chi connectivity index (χ1) is 12.7. The Morgan fingerprint density at radius 2 is 1.77 bits per heavy atom. The Morgan fingerprint density at radius 1 is 0.962 bits per heavy atom. The van der Waals surface area contributed by atoms with Crippen LogP contribution in [0.2, 0.25) is 0 Å². The monoisotopic (exact) mass is 342 g/mol. The van der Waals surface area contributed by atoms with Gasteiger partial charge in [0.25, 0.3) is 0 Å². The van der Waals surface area contributed by atoms with Gasteiger partial charge >= 0.3 is 0 Å². The number of nitrogens with one attached hydrogen (secondary N) is 1. The zero-order valence-electron chi connectivity index (χ0n) is 14.7. The van der Waals surface area contributed by atoms with E-state index in [1.165, 1.54) is 21.9 Å². The predicted molar refractivity (Wildman–Crippen MR) is 105 cm³/mol. The Balaban J connectivity index is 1.40. The Labute approximate surface area is 153 Å². The number of carbonyl (C=O) groups is 1. The van der Waals surface area contributed by atoms with Gasteiger partial charge in [-0.3, -0.25) is 9.69 Å². The van der Waals surface area contributed by atoms with Crippen molar-refractivity contribution in [3.05, 3.63) is 77.9 Å². The third kappa shape index (κ3) is 2.51. The lowest BCUT2D eigenvalue weighted by molar-refractivity contribution is -0.125. The van der Waals surface area contributed by atoms with Crippen molar-refractivity contribution < 1.29 is 4.79 Å². The molecular formula is C23H22N2O. The third-order valence-corrected chi connectivity index (χ3v) is 5.98. The lowest BCUT2D eigenvalue weighted by Crippen LogP contribution is -2.43. The summed E-state index contributed by atoms with van der Waals surface area (Å²) in [6.07, 6.45) is 1.78. The summed E-state index contributed by atoms with van der Waals surface area (Å²) in [4.78, 5) is 15.3. The van der Waals surface area contributed by atoms with Crippen LogP contribution in [-0.4, -0.2) is 23.9 Å². The van der Waals surface area contributed by atoms with E-state index in [1.54, 1.807) is 0 Å². The molecule has 3 nitrogen and oxygen atoms in total. The first kappa shape index (κ1) is 15.6. The smallest absolute Gasteiger partial charge is 0.232 e. The molecule has 1 spiro atoms. The molecule has 0 bridgehead atoms. The quantitative estimate of drug-likeness (QED) is 0.756. The molecule has 2 heterocycles. The normalized spacial score (nSPS) is 22.5. The van der Waals surface area contributed by atoms with Crippen molar-refractivity contribution in [2.75, 3.05) is 18.4 Å². The number of benzene rings is 3. The number of hydrogen-bond acceptors (Lipinski definition) is 2. The molecule has 1 amide bonds. The Kier molecular flexibility index (Phi) is 3.57. The van der Waals surface area contributed by atoms with Gasteiger partial charge in [-0.25, -0.2) is 0 Å². The molecule has 130 valence electrons. The van der Waals surface area contributed by atoms with Gasteiger partial charge in [0.1, 0.15) is 0 Å². The van der Waals surface area contributed by atoms with Gasteiger partial charge in [-0.05, 0) is 47.4 Å². The van der Waals surface area contributed by atoms with E-state index in [4.69, 9.17) is 0 Å². The van der Waals surface area contributed by atoms with Gasteiger partial charge in [0, 0.05) is 18.8 Å². The van der Waals surface area contributed by atoms with E-state index < -0.39 is 0 Å². The molecule has 1 unspecified atom stereocenters. The molecule has 1 fully saturated rings. The van der Waals surface area contributed by atoms with E-state index in [0.717, 1.165) is 38.2 Å². The molecule has 3 heteroatoms. The Hall–Kier alpha value is -2.65. The van der Waals surface area contributed by atoms with Crippen LogP contribution >= 0.6 is 0 Å². The molecule has 3 aromatic carbocycles. The highest BCUT2D eigenvalue weighted by molar-refractivity contribution is 5.99. The van der Waals surface area contributed by atoms with Crippen molar-refractivity contribution in [2.45, 2.75) is 19.4 Å². The van der Waals surface area contributed by atoms with Gasteiger partial charge in [0.15, 0.2) is 0 Å². The van der Waals surface area contributed by atoms with Crippen molar-refractivity contribution in [2.24, 2.45) is 5.41 Å².